The Labute approximate surface area is 119 Å². The van der Waals surface area contributed by atoms with Crippen LogP contribution in [0.4, 0.5) is 4.39 Å². The average Bonchev–Trinajstić information content (AvgIpc) is 2.38. The topological polar surface area (TPSA) is 55.6 Å². The van der Waals surface area contributed by atoms with Gasteiger partial charge in [0.1, 0.15) is 11.6 Å². The van der Waals surface area contributed by atoms with Crippen molar-refractivity contribution in [3.05, 3.63) is 29.6 Å². The number of hydrogen-bond donors (Lipinski definition) is 1. The Hall–Kier alpha value is -1.62. The quantitative estimate of drug-likeness (QED) is 0.832. The minimum Gasteiger partial charge on any atom is -0.483 e. The average molecular weight is 282 g/mol. The number of hydrogen-bond acceptors (Lipinski definition) is 3. The van der Waals surface area contributed by atoms with E-state index in [4.69, 9.17) is 10.5 Å². The molecule has 1 unspecified atom stereocenters. The van der Waals surface area contributed by atoms with Crippen molar-refractivity contribution in [3.63, 3.8) is 0 Å². The van der Waals surface area contributed by atoms with E-state index in [1.54, 1.807) is 11.0 Å². The molecule has 0 radical (unpaired) electrons. The van der Waals surface area contributed by atoms with Crippen LogP contribution < -0.4 is 10.5 Å². The summed E-state index contributed by atoms with van der Waals surface area (Å²) < 4.78 is 18.8. The van der Waals surface area contributed by atoms with E-state index >= 15 is 0 Å². The van der Waals surface area contributed by atoms with E-state index < -0.39 is 0 Å². The number of benzene rings is 1. The lowest BCUT2D eigenvalue weighted by Gasteiger charge is -2.19. The largest absolute Gasteiger partial charge is 0.483 e. The van der Waals surface area contributed by atoms with Crippen LogP contribution in [0.1, 0.15) is 26.3 Å². The Balaban J connectivity index is 2.74. The number of amides is 1. The van der Waals surface area contributed by atoms with E-state index in [0.717, 1.165) is 0 Å². The molecule has 1 aromatic rings. The number of carbonyl (C=O) groups is 1. The highest BCUT2D eigenvalue weighted by Gasteiger charge is 2.13. The van der Waals surface area contributed by atoms with Crippen LogP contribution in [0.15, 0.2) is 18.2 Å². The van der Waals surface area contributed by atoms with Gasteiger partial charge in [-0.3, -0.25) is 4.79 Å². The second-order valence-electron chi connectivity index (χ2n) is 4.79. The summed E-state index contributed by atoms with van der Waals surface area (Å²) in [5.74, 6) is 0.110. The van der Waals surface area contributed by atoms with Crippen LogP contribution >= 0.6 is 0 Å². The molecule has 0 aliphatic rings. The number of likely N-dealkylation sites (N-methyl/N-ethyl adjacent to an activating group) is 1. The predicted molar refractivity (Wildman–Crippen MR) is 77.2 cm³/mol. The molecule has 0 fully saturated rings. The molecular formula is C15H23FN2O2. The number of nitrogens with two attached hydrogens (primary N) is 1. The third kappa shape index (κ3) is 4.81. The SMILES string of the molecule is CCN(CC)C(=O)COc1ccc(F)cc1CC(C)N. The number of carbonyl (C=O) groups excluding carboxylic acids is 1. The van der Waals surface area contributed by atoms with Crippen LogP contribution in [0.25, 0.3) is 0 Å². The Kier molecular flexibility index (Phi) is 6.45. The number of nitrogens with zero attached hydrogens (tertiary/aromatic N) is 1. The maximum absolute atomic E-state index is 13.3. The van der Waals surface area contributed by atoms with Crippen molar-refractivity contribution in [1.82, 2.24) is 4.90 Å². The first-order valence-corrected chi connectivity index (χ1v) is 6.92. The van der Waals surface area contributed by atoms with Crippen LogP contribution in [0.5, 0.6) is 5.75 Å². The van der Waals surface area contributed by atoms with E-state index in [0.29, 0.717) is 30.8 Å². The molecule has 0 aliphatic carbocycles. The third-order valence-electron chi connectivity index (χ3n) is 3.03. The van der Waals surface area contributed by atoms with Gasteiger partial charge in [0.2, 0.25) is 0 Å². The second-order valence-corrected chi connectivity index (χ2v) is 4.79. The first-order valence-electron chi connectivity index (χ1n) is 6.92. The van der Waals surface area contributed by atoms with Gasteiger partial charge in [-0.05, 0) is 51.0 Å². The fourth-order valence-electron chi connectivity index (χ4n) is 2.00. The van der Waals surface area contributed by atoms with E-state index in [1.165, 1.54) is 12.1 Å². The summed E-state index contributed by atoms with van der Waals surface area (Å²) in [7, 11) is 0. The fourth-order valence-corrected chi connectivity index (χ4v) is 2.00. The standard InChI is InChI=1S/C15H23FN2O2/c1-4-18(5-2)15(19)10-20-14-7-6-13(16)9-12(14)8-11(3)17/h6-7,9,11H,4-5,8,10,17H2,1-3H3. The van der Waals surface area contributed by atoms with Crippen LogP contribution in [0, 0.1) is 5.82 Å². The molecule has 5 heteroatoms. The van der Waals surface area contributed by atoms with Gasteiger partial charge in [0, 0.05) is 19.1 Å². The van der Waals surface area contributed by atoms with Gasteiger partial charge in [-0.25, -0.2) is 4.39 Å². The fraction of sp³-hybridized carbons (Fsp3) is 0.533. The van der Waals surface area contributed by atoms with E-state index in [9.17, 15) is 9.18 Å². The molecule has 0 aromatic heterocycles. The zero-order valence-corrected chi connectivity index (χ0v) is 12.4. The van der Waals surface area contributed by atoms with Crippen molar-refractivity contribution < 1.29 is 13.9 Å². The molecule has 0 bridgehead atoms. The summed E-state index contributed by atoms with van der Waals surface area (Å²) in [6.45, 7) is 6.93. The van der Waals surface area contributed by atoms with Crippen LogP contribution in [-0.4, -0.2) is 36.5 Å². The number of ether oxygens (including phenoxy) is 1. The molecule has 1 atom stereocenters. The zero-order valence-electron chi connectivity index (χ0n) is 12.4. The lowest BCUT2D eigenvalue weighted by atomic mass is 10.1. The van der Waals surface area contributed by atoms with Crippen molar-refractivity contribution >= 4 is 5.91 Å². The molecule has 0 spiro atoms. The molecule has 1 aromatic carbocycles. The minimum atomic E-state index is -0.330. The Bertz CT molecular complexity index is 445. The highest BCUT2D eigenvalue weighted by Crippen LogP contribution is 2.21. The van der Waals surface area contributed by atoms with Gasteiger partial charge in [-0.2, -0.15) is 0 Å². The maximum Gasteiger partial charge on any atom is 0.260 e. The monoisotopic (exact) mass is 282 g/mol. The summed E-state index contributed by atoms with van der Waals surface area (Å²) in [6.07, 6.45) is 0.507. The van der Waals surface area contributed by atoms with Crippen molar-refractivity contribution in [2.45, 2.75) is 33.2 Å². The third-order valence-corrected chi connectivity index (χ3v) is 3.03. The van der Waals surface area contributed by atoms with Gasteiger partial charge in [-0.15, -0.1) is 0 Å². The Morgan fingerprint density at radius 2 is 2.05 bits per heavy atom. The zero-order chi connectivity index (χ0) is 15.1. The van der Waals surface area contributed by atoms with Crippen molar-refractivity contribution in [2.75, 3.05) is 19.7 Å². The lowest BCUT2D eigenvalue weighted by molar-refractivity contribution is -0.132. The summed E-state index contributed by atoms with van der Waals surface area (Å²) in [4.78, 5) is 13.6. The van der Waals surface area contributed by atoms with Gasteiger partial charge < -0.3 is 15.4 Å². The molecule has 20 heavy (non-hydrogen) atoms. The van der Waals surface area contributed by atoms with Gasteiger partial charge in [0.05, 0.1) is 0 Å². The molecule has 1 amide bonds. The summed E-state index contributed by atoms with van der Waals surface area (Å²) in [5.41, 5.74) is 6.42. The van der Waals surface area contributed by atoms with E-state index in [-0.39, 0.29) is 24.4 Å². The van der Waals surface area contributed by atoms with Gasteiger partial charge in [-0.1, -0.05) is 0 Å². The maximum atomic E-state index is 13.3. The van der Waals surface area contributed by atoms with Crippen molar-refractivity contribution in [3.8, 4) is 5.75 Å². The van der Waals surface area contributed by atoms with Crippen molar-refractivity contribution in [2.24, 2.45) is 5.73 Å². The molecule has 0 saturated carbocycles. The van der Waals surface area contributed by atoms with Crippen LogP contribution in [-0.2, 0) is 11.2 Å². The molecule has 0 saturated heterocycles. The summed E-state index contributed by atoms with van der Waals surface area (Å²) >= 11 is 0. The normalized spacial score (nSPS) is 12.1. The smallest absolute Gasteiger partial charge is 0.260 e. The van der Waals surface area contributed by atoms with Gasteiger partial charge >= 0.3 is 0 Å². The minimum absolute atomic E-state index is 0.0424. The van der Waals surface area contributed by atoms with Crippen LogP contribution in [0.3, 0.4) is 0 Å². The second kappa shape index (κ2) is 7.85. The Morgan fingerprint density at radius 1 is 1.40 bits per heavy atom. The molecule has 0 aliphatic heterocycles. The predicted octanol–water partition coefficient (Wildman–Crippen LogP) is 1.96. The van der Waals surface area contributed by atoms with E-state index in [1.807, 2.05) is 20.8 Å². The number of halogens is 1. The summed E-state index contributed by atoms with van der Waals surface area (Å²) in [6, 6.07) is 4.17. The molecular weight excluding hydrogens is 259 g/mol. The molecule has 112 valence electrons. The molecule has 4 nitrogen and oxygen atoms in total. The molecule has 1 rings (SSSR count). The first kappa shape index (κ1) is 16.4. The van der Waals surface area contributed by atoms with Gasteiger partial charge in [0.25, 0.3) is 5.91 Å². The summed E-state index contributed by atoms with van der Waals surface area (Å²) in [5, 5.41) is 0. The van der Waals surface area contributed by atoms with Crippen LogP contribution in [0.2, 0.25) is 0 Å². The highest BCUT2D eigenvalue weighted by molar-refractivity contribution is 5.77. The molecule has 2 N–H and O–H groups in total. The lowest BCUT2D eigenvalue weighted by Crippen LogP contribution is -2.34. The highest BCUT2D eigenvalue weighted by atomic mass is 19.1. The molecule has 0 heterocycles. The van der Waals surface area contributed by atoms with Gasteiger partial charge in [0.15, 0.2) is 6.61 Å². The first-order chi connectivity index (χ1) is 9.47. The van der Waals surface area contributed by atoms with E-state index in [2.05, 4.69) is 0 Å². The Morgan fingerprint density at radius 3 is 2.60 bits per heavy atom. The number of rotatable bonds is 7. The van der Waals surface area contributed by atoms with Crippen molar-refractivity contribution in [1.29, 1.82) is 0 Å².